The van der Waals surface area contributed by atoms with Crippen LogP contribution in [-0.4, -0.2) is 32.3 Å². The maximum absolute atomic E-state index is 5.98. The van der Waals surface area contributed by atoms with Crippen molar-refractivity contribution in [1.82, 2.24) is 5.32 Å². The molecule has 0 bridgehead atoms. The summed E-state index contributed by atoms with van der Waals surface area (Å²) in [4.78, 5) is 4.53. The van der Waals surface area contributed by atoms with E-state index in [0.29, 0.717) is 12.0 Å². The standard InChI is InChI=1S/C14H27N3O.HI/c1-18-11-14(8-5-9-14)10-16-13(15)17-12-6-3-2-4-7-12;/h12H,2-11H2,1H3,(H3,15,16,17);1H. The number of nitrogens with zero attached hydrogens (tertiary/aromatic N) is 1. The average molecular weight is 381 g/mol. The van der Waals surface area contributed by atoms with Crippen LogP contribution in [0.4, 0.5) is 0 Å². The SMILES string of the molecule is COCC1(CN=C(N)NC2CCCCC2)CCC1.I. The van der Waals surface area contributed by atoms with Crippen molar-refractivity contribution < 1.29 is 4.74 Å². The summed E-state index contributed by atoms with van der Waals surface area (Å²) in [7, 11) is 1.77. The van der Waals surface area contributed by atoms with E-state index in [1.165, 1.54) is 51.4 Å². The number of halogens is 1. The molecule has 0 aromatic rings. The molecule has 112 valence electrons. The number of nitrogens with two attached hydrogens (primary N) is 1. The van der Waals surface area contributed by atoms with Gasteiger partial charge in [-0.05, 0) is 25.7 Å². The zero-order valence-electron chi connectivity index (χ0n) is 12.0. The van der Waals surface area contributed by atoms with Crippen LogP contribution < -0.4 is 11.1 Å². The molecule has 0 aliphatic heterocycles. The van der Waals surface area contributed by atoms with Crippen LogP contribution in [0.3, 0.4) is 0 Å². The Morgan fingerprint density at radius 1 is 1.26 bits per heavy atom. The number of methoxy groups -OCH3 is 1. The summed E-state index contributed by atoms with van der Waals surface area (Å²) in [5.41, 5.74) is 6.26. The van der Waals surface area contributed by atoms with Crippen molar-refractivity contribution in [2.24, 2.45) is 16.1 Å². The third-order valence-electron chi connectivity index (χ3n) is 4.41. The van der Waals surface area contributed by atoms with Gasteiger partial charge in [-0.2, -0.15) is 0 Å². The van der Waals surface area contributed by atoms with Crippen LogP contribution in [-0.2, 0) is 4.74 Å². The minimum Gasteiger partial charge on any atom is -0.384 e. The van der Waals surface area contributed by atoms with Crippen LogP contribution in [0.25, 0.3) is 0 Å². The van der Waals surface area contributed by atoms with Gasteiger partial charge in [0, 0.05) is 18.6 Å². The Balaban J connectivity index is 0.00000180. The first-order valence-corrected chi connectivity index (χ1v) is 7.29. The van der Waals surface area contributed by atoms with Gasteiger partial charge in [-0.3, -0.25) is 4.99 Å². The predicted octanol–water partition coefficient (Wildman–Crippen LogP) is 2.66. The largest absolute Gasteiger partial charge is 0.384 e. The van der Waals surface area contributed by atoms with E-state index in [1.54, 1.807) is 7.11 Å². The van der Waals surface area contributed by atoms with Crippen LogP contribution in [0.15, 0.2) is 4.99 Å². The molecule has 2 fully saturated rings. The highest BCUT2D eigenvalue weighted by molar-refractivity contribution is 14.0. The Hall–Kier alpha value is -0.0400. The molecule has 3 N–H and O–H groups in total. The van der Waals surface area contributed by atoms with Gasteiger partial charge in [-0.25, -0.2) is 0 Å². The van der Waals surface area contributed by atoms with E-state index < -0.39 is 0 Å². The number of hydrogen-bond donors (Lipinski definition) is 2. The van der Waals surface area contributed by atoms with E-state index in [9.17, 15) is 0 Å². The molecular weight excluding hydrogens is 353 g/mol. The Labute approximate surface area is 134 Å². The number of nitrogens with one attached hydrogen (secondary N) is 1. The second-order valence-corrected chi connectivity index (χ2v) is 5.97. The normalized spacial score (nSPS) is 23.3. The second kappa shape index (κ2) is 8.29. The fraction of sp³-hybridized carbons (Fsp3) is 0.929. The maximum atomic E-state index is 5.98. The van der Waals surface area contributed by atoms with E-state index in [2.05, 4.69) is 10.3 Å². The molecule has 0 aromatic heterocycles. The highest BCUT2D eigenvalue weighted by Crippen LogP contribution is 2.41. The summed E-state index contributed by atoms with van der Waals surface area (Å²) in [5.74, 6) is 0.629. The van der Waals surface area contributed by atoms with E-state index in [4.69, 9.17) is 10.5 Å². The van der Waals surface area contributed by atoms with Gasteiger partial charge in [0.15, 0.2) is 5.96 Å². The molecular formula is C14H28IN3O. The maximum Gasteiger partial charge on any atom is 0.188 e. The monoisotopic (exact) mass is 381 g/mol. The topological polar surface area (TPSA) is 59.6 Å². The van der Waals surface area contributed by atoms with Crippen molar-refractivity contribution in [3.63, 3.8) is 0 Å². The lowest BCUT2D eigenvalue weighted by atomic mass is 9.69. The lowest BCUT2D eigenvalue weighted by Crippen LogP contribution is -2.43. The summed E-state index contributed by atoms with van der Waals surface area (Å²) >= 11 is 0. The fourth-order valence-electron chi connectivity index (χ4n) is 3.09. The molecule has 0 radical (unpaired) electrons. The molecule has 2 aliphatic rings. The zero-order valence-corrected chi connectivity index (χ0v) is 14.3. The van der Waals surface area contributed by atoms with Crippen LogP contribution in [0.5, 0.6) is 0 Å². The van der Waals surface area contributed by atoms with Crippen LogP contribution in [0, 0.1) is 5.41 Å². The van der Waals surface area contributed by atoms with E-state index in [-0.39, 0.29) is 29.4 Å². The molecule has 0 heterocycles. The lowest BCUT2D eigenvalue weighted by molar-refractivity contribution is 0.0252. The molecule has 2 saturated carbocycles. The van der Waals surface area contributed by atoms with Gasteiger partial charge in [0.1, 0.15) is 0 Å². The fourth-order valence-corrected chi connectivity index (χ4v) is 3.09. The Morgan fingerprint density at radius 3 is 2.47 bits per heavy atom. The number of guanidine groups is 1. The van der Waals surface area contributed by atoms with Crippen molar-refractivity contribution >= 4 is 29.9 Å². The highest BCUT2D eigenvalue weighted by Gasteiger charge is 2.36. The second-order valence-electron chi connectivity index (χ2n) is 5.97. The predicted molar refractivity (Wildman–Crippen MR) is 90.1 cm³/mol. The minimum absolute atomic E-state index is 0. The third-order valence-corrected chi connectivity index (χ3v) is 4.41. The summed E-state index contributed by atoms with van der Waals surface area (Å²) < 4.78 is 5.30. The van der Waals surface area contributed by atoms with Crippen molar-refractivity contribution in [3.8, 4) is 0 Å². The van der Waals surface area contributed by atoms with Crippen molar-refractivity contribution in [2.75, 3.05) is 20.3 Å². The highest BCUT2D eigenvalue weighted by atomic mass is 127. The number of aliphatic imine (C=N–C) groups is 1. The van der Waals surface area contributed by atoms with Crippen molar-refractivity contribution in [3.05, 3.63) is 0 Å². The number of hydrogen-bond acceptors (Lipinski definition) is 2. The van der Waals surface area contributed by atoms with Gasteiger partial charge in [0.25, 0.3) is 0 Å². The molecule has 2 aliphatic carbocycles. The first kappa shape index (κ1) is 17.0. The van der Waals surface area contributed by atoms with Gasteiger partial charge in [0.2, 0.25) is 0 Å². The molecule has 0 saturated heterocycles. The van der Waals surface area contributed by atoms with E-state index in [1.807, 2.05) is 0 Å². The number of rotatable bonds is 5. The van der Waals surface area contributed by atoms with E-state index >= 15 is 0 Å². The molecule has 5 heteroatoms. The van der Waals surface area contributed by atoms with Gasteiger partial charge in [0.05, 0.1) is 13.2 Å². The van der Waals surface area contributed by atoms with Crippen molar-refractivity contribution in [2.45, 2.75) is 57.4 Å². The van der Waals surface area contributed by atoms with Gasteiger partial charge < -0.3 is 15.8 Å². The Bertz CT molecular complexity index is 286. The minimum atomic E-state index is 0. The van der Waals surface area contributed by atoms with E-state index in [0.717, 1.165) is 13.2 Å². The van der Waals surface area contributed by atoms with Gasteiger partial charge in [-0.1, -0.05) is 25.7 Å². The Morgan fingerprint density at radius 2 is 1.95 bits per heavy atom. The van der Waals surface area contributed by atoms with Crippen LogP contribution in [0.1, 0.15) is 51.4 Å². The first-order valence-electron chi connectivity index (χ1n) is 7.29. The lowest BCUT2D eigenvalue weighted by Gasteiger charge is -2.40. The molecule has 0 unspecified atom stereocenters. The molecule has 4 nitrogen and oxygen atoms in total. The number of ether oxygens (including phenoxy) is 1. The quantitative estimate of drug-likeness (QED) is 0.437. The molecule has 0 spiro atoms. The molecule has 2 rings (SSSR count). The summed E-state index contributed by atoms with van der Waals surface area (Å²) in [6.45, 7) is 1.62. The molecule has 0 aromatic carbocycles. The smallest absolute Gasteiger partial charge is 0.188 e. The third kappa shape index (κ3) is 5.10. The van der Waals surface area contributed by atoms with Gasteiger partial charge >= 0.3 is 0 Å². The molecule has 0 amide bonds. The summed E-state index contributed by atoms with van der Waals surface area (Å²) in [6, 6.07) is 0.544. The van der Waals surface area contributed by atoms with Crippen LogP contribution >= 0.6 is 24.0 Å². The average Bonchev–Trinajstić information content (AvgIpc) is 2.34. The van der Waals surface area contributed by atoms with Crippen LogP contribution in [0.2, 0.25) is 0 Å². The summed E-state index contributed by atoms with van der Waals surface area (Å²) in [6.07, 6.45) is 10.2. The molecule has 19 heavy (non-hydrogen) atoms. The van der Waals surface area contributed by atoms with Crippen molar-refractivity contribution in [1.29, 1.82) is 0 Å². The zero-order chi connectivity index (χ0) is 12.8. The molecule has 0 atom stereocenters. The van der Waals surface area contributed by atoms with Gasteiger partial charge in [-0.15, -0.1) is 24.0 Å². The summed E-state index contributed by atoms with van der Waals surface area (Å²) in [5, 5.41) is 3.37. The first-order chi connectivity index (χ1) is 8.74. The Kier molecular flexibility index (Phi) is 7.42.